The van der Waals surface area contributed by atoms with E-state index in [-0.39, 0.29) is 11.9 Å². The highest BCUT2D eigenvalue weighted by atomic mass is 16.1. The molecule has 20 heavy (non-hydrogen) atoms. The standard InChI is InChI=1S/C16H17N3O/c17-19-14-7-5-11(6-8-14)16(20)18-15-9-12-3-1-2-4-13(12)10-15/h1-8,15,19H,9-10,17H2,(H,18,20). The molecule has 3 rings (SSSR count). The zero-order valence-corrected chi connectivity index (χ0v) is 11.1. The van der Waals surface area contributed by atoms with Crippen LogP contribution in [0.25, 0.3) is 0 Å². The van der Waals surface area contributed by atoms with Crippen molar-refractivity contribution in [2.75, 3.05) is 5.43 Å². The van der Waals surface area contributed by atoms with Gasteiger partial charge in [0.15, 0.2) is 0 Å². The van der Waals surface area contributed by atoms with E-state index in [1.54, 1.807) is 24.3 Å². The maximum Gasteiger partial charge on any atom is 0.251 e. The van der Waals surface area contributed by atoms with Crippen molar-refractivity contribution in [2.24, 2.45) is 5.84 Å². The molecule has 0 heterocycles. The van der Waals surface area contributed by atoms with Gasteiger partial charge in [-0.25, -0.2) is 0 Å². The number of benzene rings is 2. The van der Waals surface area contributed by atoms with Gasteiger partial charge >= 0.3 is 0 Å². The Morgan fingerprint density at radius 1 is 1.00 bits per heavy atom. The maximum absolute atomic E-state index is 12.2. The second kappa shape index (κ2) is 5.35. The Hall–Kier alpha value is -2.33. The topological polar surface area (TPSA) is 67.1 Å². The van der Waals surface area contributed by atoms with Gasteiger partial charge in [-0.2, -0.15) is 0 Å². The van der Waals surface area contributed by atoms with Crippen molar-refractivity contribution >= 4 is 11.6 Å². The minimum Gasteiger partial charge on any atom is -0.349 e. The fraction of sp³-hybridized carbons (Fsp3) is 0.188. The molecule has 102 valence electrons. The van der Waals surface area contributed by atoms with Gasteiger partial charge in [-0.1, -0.05) is 24.3 Å². The third-order valence-electron chi connectivity index (χ3n) is 3.70. The number of carbonyl (C=O) groups is 1. The minimum atomic E-state index is -0.0358. The van der Waals surface area contributed by atoms with Crippen molar-refractivity contribution in [2.45, 2.75) is 18.9 Å². The van der Waals surface area contributed by atoms with E-state index >= 15 is 0 Å². The number of fused-ring (bicyclic) bond motifs is 1. The molecule has 1 aliphatic carbocycles. The zero-order valence-electron chi connectivity index (χ0n) is 11.1. The van der Waals surface area contributed by atoms with Crippen LogP contribution in [0.5, 0.6) is 0 Å². The summed E-state index contributed by atoms with van der Waals surface area (Å²) < 4.78 is 0. The average Bonchev–Trinajstić information content (AvgIpc) is 2.89. The van der Waals surface area contributed by atoms with Gasteiger partial charge in [-0.05, 0) is 48.2 Å². The molecule has 0 saturated carbocycles. The molecule has 4 heteroatoms. The SMILES string of the molecule is NNc1ccc(C(=O)NC2Cc3ccccc3C2)cc1. The number of amides is 1. The normalized spacial score (nSPS) is 13.8. The van der Waals surface area contributed by atoms with Crippen LogP contribution < -0.4 is 16.6 Å². The minimum absolute atomic E-state index is 0.0358. The smallest absolute Gasteiger partial charge is 0.251 e. The van der Waals surface area contributed by atoms with E-state index < -0.39 is 0 Å². The van der Waals surface area contributed by atoms with E-state index in [1.165, 1.54) is 11.1 Å². The molecule has 2 aromatic carbocycles. The van der Waals surface area contributed by atoms with Crippen LogP contribution in [0.15, 0.2) is 48.5 Å². The van der Waals surface area contributed by atoms with E-state index in [9.17, 15) is 4.79 Å². The van der Waals surface area contributed by atoms with Crippen LogP contribution >= 0.6 is 0 Å². The number of nitrogen functional groups attached to an aromatic ring is 1. The molecule has 0 atom stereocenters. The average molecular weight is 267 g/mol. The van der Waals surface area contributed by atoms with Crippen LogP contribution in [0.2, 0.25) is 0 Å². The van der Waals surface area contributed by atoms with E-state index in [4.69, 9.17) is 5.84 Å². The highest BCUT2D eigenvalue weighted by molar-refractivity contribution is 5.94. The lowest BCUT2D eigenvalue weighted by Gasteiger charge is -2.12. The fourth-order valence-electron chi connectivity index (χ4n) is 2.65. The van der Waals surface area contributed by atoms with Gasteiger partial charge in [0.2, 0.25) is 0 Å². The first-order valence-electron chi connectivity index (χ1n) is 6.70. The van der Waals surface area contributed by atoms with Crippen molar-refractivity contribution in [3.8, 4) is 0 Å². The number of carbonyl (C=O) groups excluding carboxylic acids is 1. The number of anilines is 1. The Labute approximate surface area is 118 Å². The summed E-state index contributed by atoms with van der Waals surface area (Å²) >= 11 is 0. The van der Waals surface area contributed by atoms with E-state index in [2.05, 4.69) is 22.9 Å². The first-order chi connectivity index (χ1) is 9.76. The molecule has 0 fully saturated rings. The molecule has 2 aromatic rings. The molecule has 0 aromatic heterocycles. The Bertz CT molecular complexity index is 597. The van der Waals surface area contributed by atoms with E-state index in [0.29, 0.717) is 5.56 Å². The number of nitrogens with two attached hydrogens (primary N) is 1. The summed E-state index contributed by atoms with van der Waals surface area (Å²) in [5, 5.41) is 3.09. The van der Waals surface area contributed by atoms with Crippen LogP contribution in [0.1, 0.15) is 21.5 Å². The van der Waals surface area contributed by atoms with Gasteiger partial charge in [-0.3, -0.25) is 10.6 Å². The summed E-state index contributed by atoms with van der Waals surface area (Å²) in [6.45, 7) is 0. The Morgan fingerprint density at radius 3 is 2.15 bits per heavy atom. The molecule has 1 amide bonds. The molecule has 4 N–H and O–H groups in total. The fourth-order valence-corrected chi connectivity index (χ4v) is 2.65. The predicted octanol–water partition coefficient (Wildman–Crippen LogP) is 1.87. The van der Waals surface area contributed by atoms with Gasteiger partial charge in [-0.15, -0.1) is 0 Å². The number of hydrazine groups is 1. The number of hydrogen-bond acceptors (Lipinski definition) is 3. The van der Waals surface area contributed by atoms with Crippen molar-refractivity contribution in [3.63, 3.8) is 0 Å². The Kier molecular flexibility index (Phi) is 3.39. The van der Waals surface area contributed by atoms with Gasteiger partial charge in [0.1, 0.15) is 0 Å². The molecular formula is C16H17N3O. The molecule has 1 aliphatic rings. The zero-order chi connectivity index (χ0) is 13.9. The number of hydrogen-bond donors (Lipinski definition) is 3. The third kappa shape index (κ3) is 2.51. The summed E-state index contributed by atoms with van der Waals surface area (Å²) in [7, 11) is 0. The molecule has 0 bridgehead atoms. The van der Waals surface area contributed by atoms with Crippen LogP contribution in [-0.4, -0.2) is 11.9 Å². The van der Waals surface area contributed by atoms with Crippen molar-refractivity contribution in [1.82, 2.24) is 5.32 Å². The number of rotatable bonds is 3. The summed E-state index contributed by atoms with van der Waals surface area (Å²) in [6, 6.07) is 15.7. The van der Waals surface area contributed by atoms with Gasteiger partial charge in [0.05, 0.1) is 0 Å². The molecule has 0 aliphatic heterocycles. The lowest BCUT2D eigenvalue weighted by molar-refractivity contribution is 0.0938. The summed E-state index contributed by atoms with van der Waals surface area (Å²) in [4.78, 5) is 12.2. The lowest BCUT2D eigenvalue weighted by atomic mass is 10.1. The Balaban J connectivity index is 1.65. The summed E-state index contributed by atoms with van der Waals surface area (Å²) in [5.74, 6) is 5.27. The van der Waals surface area contributed by atoms with Crippen LogP contribution in [0, 0.1) is 0 Å². The summed E-state index contributed by atoms with van der Waals surface area (Å²) in [5.41, 5.74) is 6.65. The molecule has 0 saturated heterocycles. The number of nitrogens with one attached hydrogen (secondary N) is 2. The van der Waals surface area contributed by atoms with Crippen LogP contribution in [0.3, 0.4) is 0 Å². The van der Waals surface area contributed by atoms with E-state index in [1.807, 2.05) is 12.1 Å². The Morgan fingerprint density at radius 2 is 1.60 bits per heavy atom. The second-order valence-electron chi connectivity index (χ2n) is 5.07. The highest BCUT2D eigenvalue weighted by Crippen LogP contribution is 2.22. The predicted molar refractivity (Wildman–Crippen MR) is 79.4 cm³/mol. The second-order valence-corrected chi connectivity index (χ2v) is 5.07. The quantitative estimate of drug-likeness (QED) is 0.587. The maximum atomic E-state index is 12.2. The van der Waals surface area contributed by atoms with Crippen molar-refractivity contribution in [3.05, 3.63) is 65.2 Å². The highest BCUT2D eigenvalue weighted by Gasteiger charge is 2.22. The van der Waals surface area contributed by atoms with Crippen LogP contribution in [-0.2, 0) is 12.8 Å². The van der Waals surface area contributed by atoms with E-state index in [0.717, 1.165) is 18.5 Å². The van der Waals surface area contributed by atoms with Crippen molar-refractivity contribution < 1.29 is 4.79 Å². The largest absolute Gasteiger partial charge is 0.349 e. The summed E-state index contributed by atoms with van der Waals surface area (Å²) in [6.07, 6.45) is 1.81. The first-order valence-corrected chi connectivity index (χ1v) is 6.70. The first kappa shape index (κ1) is 12.7. The molecular weight excluding hydrogens is 250 g/mol. The third-order valence-corrected chi connectivity index (χ3v) is 3.70. The van der Waals surface area contributed by atoms with Gasteiger partial charge < -0.3 is 10.7 Å². The van der Waals surface area contributed by atoms with Crippen LogP contribution in [0.4, 0.5) is 5.69 Å². The molecule has 0 radical (unpaired) electrons. The molecule has 4 nitrogen and oxygen atoms in total. The van der Waals surface area contributed by atoms with Gasteiger partial charge in [0.25, 0.3) is 5.91 Å². The molecule has 0 unspecified atom stereocenters. The van der Waals surface area contributed by atoms with Gasteiger partial charge in [0, 0.05) is 17.3 Å². The lowest BCUT2D eigenvalue weighted by Crippen LogP contribution is -2.35. The monoisotopic (exact) mass is 267 g/mol. The van der Waals surface area contributed by atoms with Crippen molar-refractivity contribution in [1.29, 1.82) is 0 Å². The molecule has 0 spiro atoms.